The largest absolute Gasteiger partial charge is 0.318 e. The second-order valence-electron chi connectivity index (χ2n) is 7.44. The Morgan fingerprint density at radius 1 is 0.917 bits per heavy atom. The first kappa shape index (κ1) is 20.1. The van der Waals surface area contributed by atoms with Crippen molar-refractivity contribution in [1.29, 1.82) is 0 Å². The van der Waals surface area contributed by atoms with Crippen LogP contribution in [0.3, 0.4) is 0 Å². The van der Waals surface area contributed by atoms with E-state index in [0.29, 0.717) is 12.1 Å². The van der Waals surface area contributed by atoms with Gasteiger partial charge in [-0.2, -0.15) is 0 Å². The van der Waals surface area contributed by atoms with Crippen LogP contribution in [0.15, 0.2) is 0 Å². The molecule has 0 radical (unpaired) electrons. The second-order valence-corrected chi connectivity index (χ2v) is 7.44. The summed E-state index contributed by atoms with van der Waals surface area (Å²) < 4.78 is 0. The minimum atomic E-state index is 0.607. The molecule has 142 valence electrons. The van der Waals surface area contributed by atoms with E-state index in [-0.39, 0.29) is 0 Å². The first-order chi connectivity index (χ1) is 11.7. The van der Waals surface area contributed by atoms with Gasteiger partial charge in [-0.3, -0.25) is 9.80 Å². The number of piperazine rings is 2. The number of hydrogen-bond acceptors (Lipinski definition) is 6. The van der Waals surface area contributed by atoms with Crippen LogP contribution in [-0.4, -0.2) is 112 Å². The molecule has 2 rings (SSSR count). The van der Waals surface area contributed by atoms with Gasteiger partial charge in [0, 0.05) is 77.5 Å². The molecule has 0 unspecified atom stereocenters. The lowest BCUT2D eigenvalue weighted by Crippen LogP contribution is -2.56. The van der Waals surface area contributed by atoms with Crippen molar-refractivity contribution >= 4 is 0 Å². The molecule has 3 N–H and O–H groups in total. The molecule has 6 nitrogen and oxygen atoms in total. The van der Waals surface area contributed by atoms with Crippen LogP contribution in [0.4, 0.5) is 0 Å². The third kappa shape index (κ3) is 7.33. The molecule has 2 aliphatic heterocycles. The van der Waals surface area contributed by atoms with Crippen molar-refractivity contribution in [2.45, 2.75) is 32.4 Å². The van der Waals surface area contributed by atoms with Gasteiger partial charge in [-0.05, 0) is 33.5 Å². The van der Waals surface area contributed by atoms with Crippen molar-refractivity contribution in [1.82, 2.24) is 30.7 Å². The molecule has 24 heavy (non-hydrogen) atoms. The summed E-state index contributed by atoms with van der Waals surface area (Å²) >= 11 is 0. The van der Waals surface area contributed by atoms with Crippen LogP contribution in [0, 0.1) is 0 Å². The molecule has 6 heteroatoms. The molecule has 0 bridgehead atoms. The van der Waals surface area contributed by atoms with Crippen molar-refractivity contribution < 1.29 is 0 Å². The zero-order valence-electron chi connectivity index (χ0n) is 16.2. The van der Waals surface area contributed by atoms with Crippen molar-refractivity contribution in [3.8, 4) is 0 Å². The SMILES string of the molecule is CCN1CCN(CCNCC[C@@H]2CN(CCNC)C[C@H](C)N2)CC1. The summed E-state index contributed by atoms with van der Waals surface area (Å²) in [6.07, 6.45) is 1.23. The zero-order chi connectivity index (χ0) is 17.2. The van der Waals surface area contributed by atoms with E-state index in [0.717, 1.165) is 26.2 Å². The van der Waals surface area contributed by atoms with Gasteiger partial charge in [0.25, 0.3) is 0 Å². The fourth-order valence-corrected chi connectivity index (χ4v) is 3.88. The van der Waals surface area contributed by atoms with E-state index in [9.17, 15) is 0 Å². The summed E-state index contributed by atoms with van der Waals surface area (Å²) in [6.45, 7) is 18.8. The average Bonchev–Trinajstić information content (AvgIpc) is 2.60. The van der Waals surface area contributed by atoms with Gasteiger partial charge in [0.1, 0.15) is 0 Å². The highest BCUT2D eigenvalue weighted by molar-refractivity contribution is 4.84. The Balaban J connectivity index is 1.52. The highest BCUT2D eigenvalue weighted by atomic mass is 15.3. The highest BCUT2D eigenvalue weighted by Crippen LogP contribution is 2.06. The predicted octanol–water partition coefficient (Wildman–Crippen LogP) is -0.515. The van der Waals surface area contributed by atoms with E-state index < -0.39 is 0 Å². The minimum Gasteiger partial charge on any atom is -0.318 e. The predicted molar refractivity (Wildman–Crippen MR) is 103 cm³/mol. The van der Waals surface area contributed by atoms with Crippen LogP contribution in [0.2, 0.25) is 0 Å². The summed E-state index contributed by atoms with van der Waals surface area (Å²) in [5.74, 6) is 0. The standard InChI is InChI=1S/C18H40N6/c1-4-22-11-13-23(14-12-22)10-8-20-6-5-18-16-24(9-7-19-3)15-17(2)21-18/h17-21H,4-16H2,1-3H3/t17-,18+/m0/s1. The molecule has 2 fully saturated rings. The Morgan fingerprint density at radius 2 is 1.62 bits per heavy atom. The van der Waals surface area contributed by atoms with Gasteiger partial charge in [-0.1, -0.05) is 6.92 Å². The van der Waals surface area contributed by atoms with Crippen molar-refractivity contribution in [2.75, 3.05) is 85.6 Å². The van der Waals surface area contributed by atoms with Crippen LogP contribution in [0.5, 0.6) is 0 Å². The average molecular weight is 341 g/mol. The Bertz CT molecular complexity index is 319. The first-order valence-electron chi connectivity index (χ1n) is 9.99. The van der Waals surface area contributed by atoms with E-state index in [4.69, 9.17) is 0 Å². The maximum absolute atomic E-state index is 3.76. The van der Waals surface area contributed by atoms with Crippen LogP contribution in [-0.2, 0) is 0 Å². The Kier molecular flexibility index (Phi) is 9.53. The lowest BCUT2D eigenvalue weighted by molar-refractivity contribution is 0.137. The van der Waals surface area contributed by atoms with Crippen LogP contribution < -0.4 is 16.0 Å². The lowest BCUT2D eigenvalue weighted by atomic mass is 10.1. The second kappa shape index (κ2) is 11.4. The molecule has 0 saturated carbocycles. The molecular weight excluding hydrogens is 300 g/mol. The van der Waals surface area contributed by atoms with Gasteiger partial charge < -0.3 is 20.9 Å². The van der Waals surface area contributed by atoms with E-state index in [1.54, 1.807) is 0 Å². The molecule has 2 atom stereocenters. The lowest BCUT2D eigenvalue weighted by Gasteiger charge is -2.38. The molecule has 0 aliphatic carbocycles. The van der Waals surface area contributed by atoms with Crippen LogP contribution >= 0.6 is 0 Å². The van der Waals surface area contributed by atoms with E-state index in [2.05, 4.69) is 44.5 Å². The summed E-state index contributed by atoms with van der Waals surface area (Å²) in [5, 5.41) is 10.7. The van der Waals surface area contributed by atoms with Gasteiger partial charge in [-0.25, -0.2) is 0 Å². The molecule has 2 heterocycles. The number of hydrogen-bond donors (Lipinski definition) is 3. The van der Waals surface area contributed by atoms with Crippen LogP contribution in [0.25, 0.3) is 0 Å². The summed E-state index contributed by atoms with van der Waals surface area (Å²) in [5.41, 5.74) is 0. The van der Waals surface area contributed by atoms with Gasteiger partial charge >= 0.3 is 0 Å². The third-order valence-electron chi connectivity index (χ3n) is 5.40. The molecule has 2 saturated heterocycles. The number of nitrogens with zero attached hydrogens (tertiary/aromatic N) is 3. The normalized spacial score (nSPS) is 27.6. The molecular formula is C18H40N6. The monoisotopic (exact) mass is 340 g/mol. The van der Waals surface area contributed by atoms with Crippen LogP contribution in [0.1, 0.15) is 20.3 Å². The van der Waals surface area contributed by atoms with Crippen molar-refractivity contribution in [3.63, 3.8) is 0 Å². The Morgan fingerprint density at radius 3 is 2.33 bits per heavy atom. The molecule has 0 aromatic rings. The molecule has 2 aliphatic rings. The van der Waals surface area contributed by atoms with Crippen molar-refractivity contribution in [2.24, 2.45) is 0 Å². The quantitative estimate of drug-likeness (QED) is 0.466. The maximum atomic E-state index is 3.76. The number of nitrogens with one attached hydrogen (secondary N) is 3. The summed E-state index contributed by atoms with van der Waals surface area (Å²) in [6, 6.07) is 1.24. The Hall–Kier alpha value is -0.240. The van der Waals surface area contributed by atoms with Gasteiger partial charge in [-0.15, -0.1) is 0 Å². The third-order valence-corrected chi connectivity index (χ3v) is 5.40. The first-order valence-corrected chi connectivity index (χ1v) is 9.99. The fourth-order valence-electron chi connectivity index (χ4n) is 3.88. The summed E-state index contributed by atoms with van der Waals surface area (Å²) in [4.78, 5) is 7.73. The minimum absolute atomic E-state index is 0.607. The zero-order valence-corrected chi connectivity index (χ0v) is 16.2. The topological polar surface area (TPSA) is 45.8 Å². The Labute approximate surface area is 149 Å². The maximum Gasteiger partial charge on any atom is 0.0210 e. The van der Waals surface area contributed by atoms with E-state index >= 15 is 0 Å². The molecule has 0 spiro atoms. The van der Waals surface area contributed by atoms with Gasteiger partial charge in [0.05, 0.1) is 0 Å². The molecule has 0 aromatic carbocycles. The number of rotatable bonds is 10. The van der Waals surface area contributed by atoms with E-state index in [1.807, 2.05) is 7.05 Å². The molecule has 0 aromatic heterocycles. The van der Waals surface area contributed by atoms with Crippen molar-refractivity contribution in [3.05, 3.63) is 0 Å². The molecule has 0 amide bonds. The smallest absolute Gasteiger partial charge is 0.0210 e. The highest BCUT2D eigenvalue weighted by Gasteiger charge is 2.23. The fraction of sp³-hybridized carbons (Fsp3) is 1.00. The van der Waals surface area contributed by atoms with Gasteiger partial charge in [0.2, 0.25) is 0 Å². The van der Waals surface area contributed by atoms with Gasteiger partial charge in [0.15, 0.2) is 0 Å². The summed E-state index contributed by atoms with van der Waals surface area (Å²) in [7, 11) is 2.04. The van der Waals surface area contributed by atoms with E-state index in [1.165, 1.54) is 58.8 Å². The number of likely N-dealkylation sites (N-methyl/N-ethyl adjacent to an activating group) is 2.